The predicted molar refractivity (Wildman–Crippen MR) is 127 cm³/mol. The van der Waals surface area contributed by atoms with Gasteiger partial charge in [-0.25, -0.2) is 15.0 Å². The molecule has 172 valence electrons. The van der Waals surface area contributed by atoms with Crippen LogP contribution in [0.5, 0.6) is 0 Å². The van der Waals surface area contributed by atoms with Gasteiger partial charge < -0.3 is 19.8 Å². The Hall–Kier alpha value is -4.12. The predicted octanol–water partition coefficient (Wildman–Crippen LogP) is 4.07. The van der Waals surface area contributed by atoms with E-state index in [4.69, 9.17) is 15.2 Å². The largest absolute Gasteiger partial charge is 0.458 e. The number of non-ortho nitro benzene ring substituents is 1. The van der Waals surface area contributed by atoms with E-state index in [1.807, 2.05) is 34.9 Å². The Morgan fingerprint density at radius 3 is 2.65 bits per heavy atom. The van der Waals surface area contributed by atoms with Gasteiger partial charge in [0.2, 0.25) is 6.29 Å². The number of hydrogen-bond acceptors (Lipinski definition) is 9. The van der Waals surface area contributed by atoms with Gasteiger partial charge in [0, 0.05) is 25.1 Å². The number of nitrogens with two attached hydrogens (primary N) is 1. The lowest BCUT2D eigenvalue weighted by molar-refractivity contribution is -0.384. The van der Waals surface area contributed by atoms with Gasteiger partial charge in [-0.1, -0.05) is 42.5 Å². The van der Waals surface area contributed by atoms with Gasteiger partial charge in [0.25, 0.3) is 5.69 Å². The topological polar surface area (TPSA) is 131 Å². The van der Waals surface area contributed by atoms with Crippen molar-refractivity contribution in [3.8, 4) is 0 Å². The van der Waals surface area contributed by atoms with E-state index >= 15 is 0 Å². The molecule has 0 amide bonds. The third-order valence-electron chi connectivity index (χ3n) is 5.30. The monoisotopic (exact) mass is 476 g/mol. The molecule has 2 aromatic heterocycles. The molecule has 0 saturated heterocycles. The molecule has 1 aliphatic heterocycles. The maximum absolute atomic E-state index is 10.9. The summed E-state index contributed by atoms with van der Waals surface area (Å²) in [7, 11) is 0. The van der Waals surface area contributed by atoms with E-state index in [0.29, 0.717) is 46.6 Å². The summed E-state index contributed by atoms with van der Waals surface area (Å²) in [6, 6.07) is 16.5. The molecule has 11 heteroatoms. The number of imidazole rings is 1. The number of rotatable bonds is 8. The number of ether oxygens (including phenoxy) is 2. The lowest BCUT2D eigenvalue weighted by atomic mass is 10.1. The first kappa shape index (κ1) is 21.7. The molecule has 5 rings (SSSR count). The minimum Gasteiger partial charge on any atom is -0.458 e. The van der Waals surface area contributed by atoms with Gasteiger partial charge in [0.05, 0.1) is 4.92 Å². The molecular formula is C23H20N6O4S. The first-order valence-electron chi connectivity index (χ1n) is 10.5. The number of nitro benzene ring substituents is 1. The average Bonchev–Trinajstić information content (AvgIpc) is 3.43. The van der Waals surface area contributed by atoms with Crippen LogP contribution in [0.4, 0.5) is 11.5 Å². The number of anilines is 1. The van der Waals surface area contributed by atoms with Crippen molar-refractivity contribution < 1.29 is 14.4 Å². The SMILES string of the molecule is Nc1ncnc2c1nc(SC1=COC(Cc3ccccc3)O1)n2CCc1ccc([N+](=O)[O-])cc1. The highest BCUT2D eigenvalue weighted by Gasteiger charge is 2.24. The molecule has 0 radical (unpaired) electrons. The Kier molecular flexibility index (Phi) is 6.00. The van der Waals surface area contributed by atoms with Crippen molar-refractivity contribution >= 4 is 34.4 Å². The van der Waals surface area contributed by atoms with E-state index < -0.39 is 11.2 Å². The first-order chi connectivity index (χ1) is 16.6. The van der Waals surface area contributed by atoms with Crippen LogP contribution in [0, 0.1) is 10.1 Å². The summed E-state index contributed by atoms with van der Waals surface area (Å²) in [6.07, 6.45) is 3.82. The Labute approximate surface area is 198 Å². The number of nitrogen functional groups attached to an aromatic ring is 1. The normalized spacial score (nSPS) is 15.1. The molecule has 1 atom stereocenters. The number of benzene rings is 2. The van der Waals surface area contributed by atoms with Gasteiger partial charge in [0.15, 0.2) is 27.2 Å². The number of aryl methyl sites for hydroxylation is 2. The Bertz CT molecular complexity index is 1360. The van der Waals surface area contributed by atoms with Crippen molar-refractivity contribution in [3.05, 3.63) is 93.5 Å². The van der Waals surface area contributed by atoms with Crippen molar-refractivity contribution in [2.24, 2.45) is 0 Å². The fourth-order valence-corrected chi connectivity index (χ4v) is 4.45. The van der Waals surface area contributed by atoms with Gasteiger partial charge in [-0.05, 0) is 29.3 Å². The molecule has 0 aliphatic carbocycles. The van der Waals surface area contributed by atoms with Crippen LogP contribution in [0.25, 0.3) is 11.2 Å². The smallest absolute Gasteiger partial charge is 0.269 e. The maximum atomic E-state index is 10.9. The minimum absolute atomic E-state index is 0.0592. The highest BCUT2D eigenvalue weighted by molar-refractivity contribution is 8.02. The van der Waals surface area contributed by atoms with Crippen LogP contribution in [0.15, 0.2) is 77.4 Å². The number of nitrogens with zero attached hydrogens (tertiary/aromatic N) is 5. The van der Waals surface area contributed by atoms with Crippen molar-refractivity contribution in [1.29, 1.82) is 0 Å². The average molecular weight is 477 g/mol. The highest BCUT2D eigenvalue weighted by atomic mass is 32.2. The van der Waals surface area contributed by atoms with Gasteiger partial charge in [-0.3, -0.25) is 10.1 Å². The molecule has 10 nitrogen and oxygen atoms in total. The van der Waals surface area contributed by atoms with Crippen LogP contribution in [0.3, 0.4) is 0 Å². The first-order valence-corrected chi connectivity index (χ1v) is 11.3. The summed E-state index contributed by atoms with van der Waals surface area (Å²) in [5, 5.41) is 12.1. The van der Waals surface area contributed by atoms with Crippen LogP contribution in [-0.4, -0.2) is 30.7 Å². The quantitative estimate of drug-likeness (QED) is 0.295. The minimum atomic E-state index is -0.413. The van der Waals surface area contributed by atoms with Crippen LogP contribution in [-0.2, 0) is 28.9 Å². The molecule has 2 N–H and O–H groups in total. The standard InChI is InChI=1S/C23H20N6O4S/c24-21-20-22(26-14-25-21)28(11-10-15-6-8-17(9-7-15)29(30)31)23(27-20)34-19-13-32-18(33-19)12-16-4-2-1-3-5-16/h1-9,13-14,18H,10-12H2,(H2,24,25,26). The fourth-order valence-electron chi connectivity index (χ4n) is 3.59. The van der Waals surface area contributed by atoms with Gasteiger partial charge in [-0.15, -0.1) is 0 Å². The van der Waals surface area contributed by atoms with Gasteiger partial charge >= 0.3 is 0 Å². The molecule has 0 fully saturated rings. The number of aromatic nitrogens is 4. The van der Waals surface area contributed by atoms with Gasteiger partial charge in [-0.2, -0.15) is 0 Å². The number of fused-ring (bicyclic) bond motifs is 1. The lowest BCUT2D eigenvalue weighted by Crippen LogP contribution is -2.11. The molecular weight excluding hydrogens is 456 g/mol. The second-order valence-electron chi connectivity index (χ2n) is 7.56. The van der Waals surface area contributed by atoms with Crippen LogP contribution < -0.4 is 5.73 Å². The van der Waals surface area contributed by atoms with Crippen LogP contribution >= 0.6 is 11.8 Å². The molecule has 34 heavy (non-hydrogen) atoms. The number of thioether (sulfide) groups is 1. The summed E-state index contributed by atoms with van der Waals surface area (Å²) in [6.45, 7) is 0.536. The Morgan fingerprint density at radius 1 is 1.09 bits per heavy atom. The summed E-state index contributed by atoms with van der Waals surface area (Å²) in [5.41, 5.74) is 9.28. The summed E-state index contributed by atoms with van der Waals surface area (Å²) >= 11 is 1.32. The summed E-state index contributed by atoms with van der Waals surface area (Å²) in [5.74, 6) is 0.292. The van der Waals surface area contributed by atoms with E-state index in [1.165, 1.54) is 30.2 Å². The van der Waals surface area contributed by atoms with Crippen LogP contribution in [0.2, 0.25) is 0 Å². The van der Waals surface area contributed by atoms with Gasteiger partial charge in [0.1, 0.15) is 12.6 Å². The van der Waals surface area contributed by atoms with Crippen molar-refractivity contribution in [1.82, 2.24) is 19.5 Å². The number of nitro groups is 1. The molecule has 0 bridgehead atoms. The zero-order valence-corrected chi connectivity index (χ0v) is 18.7. The van der Waals surface area contributed by atoms with E-state index in [9.17, 15) is 10.1 Å². The zero-order valence-electron chi connectivity index (χ0n) is 17.9. The van der Waals surface area contributed by atoms with Crippen molar-refractivity contribution in [3.63, 3.8) is 0 Å². The molecule has 2 aromatic carbocycles. The summed E-state index contributed by atoms with van der Waals surface area (Å²) in [4.78, 5) is 23.6. The Morgan fingerprint density at radius 2 is 1.88 bits per heavy atom. The van der Waals surface area contributed by atoms with E-state index in [1.54, 1.807) is 18.4 Å². The second kappa shape index (κ2) is 9.40. The Balaban J connectivity index is 1.33. The number of hydrogen-bond donors (Lipinski definition) is 1. The fraction of sp³-hybridized carbons (Fsp3) is 0.174. The maximum Gasteiger partial charge on any atom is 0.269 e. The highest BCUT2D eigenvalue weighted by Crippen LogP contribution is 2.34. The molecule has 1 unspecified atom stereocenters. The zero-order chi connectivity index (χ0) is 23.5. The third-order valence-corrected chi connectivity index (χ3v) is 6.19. The third kappa shape index (κ3) is 4.64. The molecule has 0 spiro atoms. The molecule has 0 saturated carbocycles. The van der Waals surface area contributed by atoms with E-state index in [-0.39, 0.29) is 5.69 Å². The second-order valence-corrected chi connectivity index (χ2v) is 8.53. The van der Waals surface area contributed by atoms with E-state index in [2.05, 4.69) is 15.0 Å². The summed E-state index contributed by atoms with van der Waals surface area (Å²) < 4.78 is 13.6. The molecule has 4 aromatic rings. The lowest BCUT2D eigenvalue weighted by Gasteiger charge is -2.12. The van der Waals surface area contributed by atoms with Crippen molar-refractivity contribution in [2.75, 3.05) is 5.73 Å². The van der Waals surface area contributed by atoms with Crippen molar-refractivity contribution in [2.45, 2.75) is 30.8 Å². The van der Waals surface area contributed by atoms with E-state index in [0.717, 1.165) is 11.1 Å². The van der Waals surface area contributed by atoms with Crippen LogP contribution in [0.1, 0.15) is 11.1 Å². The molecule has 3 heterocycles. The molecule has 1 aliphatic rings.